The van der Waals surface area contributed by atoms with E-state index in [2.05, 4.69) is 20.2 Å². The van der Waals surface area contributed by atoms with Gasteiger partial charge in [0, 0.05) is 35.2 Å². The lowest BCUT2D eigenvalue weighted by Gasteiger charge is -2.32. The van der Waals surface area contributed by atoms with Gasteiger partial charge in [-0.05, 0) is 74.6 Å². The number of fused-ring (bicyclic) bond motifs is 2. The summed E-state index contributed by atoms with van der Waals surface area (Å²) >= 11 is 0. The molecule has 1 aliphatic heterocycles. The number of carbonyl (C=O) groups is 1. The van der Waals surface area contributed by atoms with Crippen LogP contribution in [0.15, 0.2) is 60.9 Å². The molecule has 0 spiro atoms. The Morgan fingerprint density at radius 2 is 1.97 bits per heavy atom. The quantitative estimate of drug-likeness (QED) is 0.430. The number of hydrogen-bond acceptors (Lipinski definition) is 3. The number of piperidine rings is 1. The average molecular weight is 431 g/mol. The molecule has 6 heteroatoms. The van der Waals surface area contributed by atoms with Crippen molar-refractivity contribution in [3.63, 3.8) is 0 Å². The van der Waals surface area contributed by atoms with E-state index >= 15 is 0 Å². The van der Waals surface area contributed by atoms with Crippen molar-refractivity contribution >= 4 is 27.7 Å². The number of hydrogen-bond donors (Lipinski definition) is 2. The lowest BCUT2D eigenvalue weighted by Crippen LogP contribution is -2.35. The summed E-state index contributed by atoms with van der Waals surface area (Å²) in [5.41, 5.74) is 3.48. The van der Waals surface area contributed by atoms with Crippen LogP contribution in [0.3, 0.4) is 0 Å². The first-order valence-electron chi connectivity index (χ1n) is 11.3. The molecule has 2 aromatic carbocycles. The van der Waals surface area contributed by atoms with Gasteiger partial charge in [-0.15, -0.1) is 0 Å². The van der Waals surface area contributed by atoms with Crippen molar-refractivity contribution < 1.29 is 9.18 Å². The number of amides is 1. The molecule has 0 aliphatic carbocycles. The number of carbonyl (C=O) groups excluding carboxylic acids is 1. The van der Waals surface area contributed by atoms with Gasteiger partial charge < -0.3 is 15.2 Å². The second kappa shape index (κ2) is 9.09. The van der Waals surface area contributed by atoms with E-state index in [1.165, 1.54) is 6.07 Å². The maximum Gasteiger partial charge on any atom is 0.252 e. The summed E-state index contributed by atoms with van der Waals surface area (Å²) in [7, 11) is 0. The van der Waals surface area contributed by atoms with Crippen molar-refractivity contribution in [3.05, 3.63) is 77.9 Å². The van der Waals surface area contributed by atoms with E-state index in [-0.39, 0.29) is 11.7 Å². The van der Waals surface area contributed by atoms with E-state index in [1.54, 1.807) is 18.3 Å². The minimum Gasteiger partial charge on any atom is -0.361 e. The highest BCUT2D eigenvalue weighted by Gasteiger charge is 2.23. The largest absolute Gasteiger partial charge is 0.361 e. The molecule has 1 saturated heterocycles. The van der Waals surface area contributed by atoms with E-state index < -0.39 is 0 Å². The molecule has 0 atom stereocenters. The normalized spacial score (nSPS) is 15.4. The van der Waals surface area contributed by atoms with Gasteiger partial charge in [0.2, 0.25) is 0 Å². The van der Waals surface area contributed by atoms with Crippen LogP contribution >= 0.6 is 0 Å². The highest BCUT2D eigenvalue weighted by atomic mass is 19.1. The van der Waals surface area contributed by atoms with Gasteiger partial charge >= 0.3 is 0 Å². The first-order valence-corrected chi connectivity index (χ1v) is 11.3. The summed E-state index contributed by atoms with van der Waals surface area (Å²) in [6.07, 6.45) is 6.61. The first kappa shape index (κ1) is 20.6. The topological polar surface area (TPSA) is 61.0 Å². The van der Waals surface area contributed by atoms with E-state index in [1.807, 2.05) is 36.5 Å². The molecule has 2 aromatic heterocycles. The van der Waals surface area contributed by atoms with Gasteiger partial charge in [0.05, 0.1) is 11.1 Å². The van der Waals surface area contributed by atoms with Gasteiger partial charge in [-0.2, -0.15) is 0 Å². The molecule has 0 bridgehead atoms. The first-order chi connectivity index (χ1) is 15.7. The molecule has 5 rings (SSSR count). The molecule has 3 heterocycles. The highest BCUT2D eigenvalue weighted by Crippen LogP contribution is 2.34. The SMILES string of the molecule is O=C(NCCCN1CCC(c2c[nH]c3cccc(F)c23)CC1)c1ccnc2ccccc12. The van der Waals surface area contributed by atoms with Crippen LogP contribution in [0.2, 0.25) is 0 Å². The van der Waals surface area contributed by atoms with E-state index in [0.29, 0.717) is 18.0 Å². The zero-order chi connectivity index (χ0) is 21.9. The Hall–Kier alpha value is -3.25. The van der Waals surface area contributed by atoms with Gasteiger partial charge in [-0.1, -0.05) is 24.3 Å². The molecule has 0 unspecified atom stereocenters. The number of nitrogens with zero attached hydrogens (tertiary/aromatic N) is 2. The molecular formula is C26H27FN4O. The Balaban J connectivity index is 1.10. The third kappa shape index (κ3) is 4.10. The van der Waals surface area contributed by atoms with Crippen LogP contribution in [0.4, 0.5) is 4.39 Å². The molecule has 32 heavy (non-hydrogen) atoms. The zero-order valence-corrected chi connectivity index (χ0v) is 18.0. The molecule has 1 amide bonds. The number of aromatic nitrogens is 2. The Morgan fingerprint density at radius 3 is 2.84 bits per heavy atom. The lowest BCUT2D eigenvalue weighted by molar-refractivity contribution is 0.0952. The number of halogens is 1. The number of nitrogens with one attached hydrogen (secondary N) is 2. The predicted molar refractivity (Wildman–Crippen MR) is 125 cm³/mol. The van der Waals surface area contributed by atoms with E-state index in [4.69, 9.17) is 0 Å². The third-order valence-electron chi connectivity index (χ3n) is 6.54. The fraction of sp³-hybridized carbons (Fsp3) is 0.308. The van der Waals surface area contributed by atoms with E-state index in [0.717, 1.165) is 66.3 Å². The number of likely N-dealkylation sites (tertiary alicyclic amines) is 1. The summed E-state index contributed by atoms with van der Waals surface area (Å²) in [6, 6.07) is 14.7. The monoisotopic (exact) mass is 430 g/mol. The van der Waals surface area contributed by atoms with Crippen molar-refractivity contribution in [1.29, 1.82) is 0 Å². The fourth-order valence-electron chi connectivity index (χ4n) is 4.85. The van der Waals surface area contributed by atoms with Gasteiger partial charge in [0.25, 0.3) is 5.91 Å². The van der Waals surface area contributed by atoms with Crippen molar-refractivity contribution in [2.45, 2.75) is 25.2 Å². The average Bonchev–Trinajstić information content (AvgIpc) is 3.27. The van der Waals surface area contributed by atoms with Gasteiger partial charge in [0.1, 0.15) is 5.82 Å². The van der Waals surface area contributed by atoms with Crippen molar-refractivity contribution in [2.24, 2.45) is 0 Å². The molecule has 2 N–H and O–H groups in total. The minimum atomic E-state index is -0.140. The van der Waals surface area contributed by atoms with Crippen molar-refractivity contribution in [2.75, 3.05) is 26.2 Å². The van der Waals surface area contributed by atoms with E-state index in [9.17, 15) is 9.18 Å². The number of pyridine rings is 1. The fourth-order valence-corrected chi connectivity index (χ4v) is 4.85. The maximum atomic E-state index is 14.3. The Labute approximate surface area is 186 Å². The van der Waals surface area contributed by atoms with Crippen LogP contribution in [0.5, 0.6) is 0 Å². The van der Waals surface area contributed by atoms with Crippen LogP contribution in [-0.4, -0.2) is 47.0 Å². The molecule has 1 fully saturated rings. The molecule has 0 saturated carbocycles. The number of aromatic amines is 1. The third-order valence-corrected chi connectivity index (χ3v) is 6.54. The second-order valence-corrected chi connectivity index (χ2v) is 8.51. The van der Waals surface area contributed by atoms with Gasteiger partial charge in [-0.3, -0.25) is 9.78 Å². The van der Waals surface area contributed by atoms with Gasteiger partial charge in [0.15, 0.2) is 0 Å². The number of para-hydroxylation sites is 1. The van der Waals surface area contributed by atoms with Gasteiger partial charge in [-0.25, -0.2) is 4.39 Å². The molecular weight excluding hydrogens is 403 g/mol. The van der Waals surface area contributed by atoms with Crippen LogP contribution in [-0.2, 0) is 0 Å². The molecule has 0 radical (unpaired) electrons. The predicted octanol–water partition coefficient (Wildman–Crippen LogP) is 4.85. The minimum absolute atomic E-state index is 0.0522. The molecule has 5 nitrogen and oxygen atoms in total. The van der Waals surface area contributed by atoms with Crippen molar-refractivity contribution in [1.82, 2.24) is 20.2 Å². The zero-order valence-electron chi connectivity index (χ0n) is 18.0. The molecule has 1 aliphatic rings. The van der Waals surface area contributed by atoms with Crippen molar-refractivity contribution in [3.8, 4) is 0 Å². The summed E-state index contributed by atoms with van der Waals surface area (Å²) in [4.78, 5) is 22.6. The summed E-state index contributed by atoms with van der Waals surface area (Å²) in [6.45, 7) is 3.58. The number of rotatable bonds is 6. The van der Waals surface area contributed by atoms with Crippen LogP contribution in [0.1, 0.15) is 41.1 Å². The van der Waals surface area contributed by atoms with Crippen LogP contribution in [0, 0.1) is 5.82 Å². The number of benzene rings is 2. The smallest absolute Gasteiger partial charge is 0.252 e. The summed E-state index contributed by atoms with van der Waals surface area (Å²) < 4.78 is 14.3. The maximum absolute atomic E-state index is 14.3. The van der Waals surface area contributed by atoms with Crippen LogP contribution in [0.25, 0.3) is 21.8 Å². The summed E-state index contributed by atoms with van der Waals surface area (Å²) in [5.74, 6) is 0.194. The Kier molecular flexibility index (Phi) is 5.86. The highest BCUT2D eigenvalue weighted by molar-refractivity contribution is 6.05. The van der Waals surface area contributed by atoms with Crippen LogP contribution < -0.4 is 5.32 Å². The summed E-state index contributed by atoms with van der Waals surface area (Å²) in [5, 5.41) is 4.67. The Morgan fingerprint density at radius 1 is 1.12 bits per heavy atom. The standard InChI is InChI=1S/C26H27FN4O/c27-22-6-3-8-24-25(22)21(17-30-24)18-10-15-31(16-11-18)14-4-12-29-26(32)20-9-13-28-23-7-2-1-5-19(20)23/h1-3,5-9,13,17-18,30H,4,10-12,14-16H2,(H,29,32). The molecule has 4 aromatic rings. The Bertz CT molecular complexity index is 1240. The second-order valence-electron chi connectivity index (χ2n) is 8.51. The molecule has 164 valence electrons. The lowest BCUT2D eigenvalue weighted by atomic mass is 9.89. The number of H-pyrrole nitrogens is 1.